The molecule has 0 saturated carbocycles. The van der Waals surface area contributed by atoms with Crippen LogP contribution in [-0.4, -0.2) is 29.0 Å². The average molecular weight is 396 g/mol. The van der Waals surface area contributed by atoms with Crippen LogP contribution in [0.3, 0.4) is 0 Å². The van der Waals surface area contributed by atoms with Gasteiger partial charge in [-0.05, 0) is 50.2 Å². The third kappa shape index (κ3) is 4.78. The van der Waals surface area contributed by atoms with E-state index in [0.29, 0.717) is 16.5 Å². The summed E-state index contributed by atoms with van der Waals surface area (Å²) in [5.41, 5.74) is 2.82. The van der Waals surface area contributed by atoms with E-state index in [1.54, 1.807) is 24.3 Å². The van der Waals surface area contributed by atoms with Crippen LogP contribution in [0.2, 0.25) is 5.02 Å². The first kappa shape index (κ1) is 19.6. The summed E-state index contributed by atoms with van der Waals surface area (Å²) in [7, 11) is 0. The van der Waals surface area contributed by atoms with Gasteiger partial charge in [0.05, 0.1) is 23.1 Å². The molecule has 0 aliphatic heterocycles. The van der Waals surface area contributed by atoms with E-state index >= 15 is 0 Å². The molecule has 2 N–H and O–H groups in total. The highest BCUT2D eigenvalue weighted by Crippen LogP contribution is 2.22. The molecule has 0 unspecified atom stereocenters. The minimum atomic E-state index is -0.365. The number of halogens is 1. The van der Waals surface area contributed by atoms with E-state index in [1.165, 1.54) is 18.1 Å². The quantitative estimate of drug-likeness (QED) is 0.590. The van der Waals surface area contributed by atoms with Crippen LogP contribution in [0.15, 0.2) is 60.9 Å². The van der Waals surface area contributed by atoms with E-state index in [2.05, 4.69) is 51.5 Å². The number of aromatic nitrogens is 2. The fraction of sp³-hybridized carbons (Fsp3) is 0.190. The summed E-state index contributed by atoms with van der Waals surface area (Å²) in [6.07, 6.45) is 2.96. The Hall–Kier alpha value is -3.12. The Morgan fingerprint density at radius 1 is 1.00 bits per heavy atom. The van der Waals surface area contributed by atoms with Gasteiger partial charge in [-0.1, -0.05) is 23.7 Å². The van der Waals surface area contributed by atoms with Crippen molar-refractivity contribution < 1.29 is 4.79 Å². The molecule has 0 saturated heterocycles. The summed E-state index contributed by atoms with van der Waals surface area (Å²) in [6.45, 7) is 6.20. The van der Waals surface area contributed by atoms with Crippen LogP contribution < -0.4 is 15.5 Å². The van der Waals surface area contributed by atoms with Crippen LogP contribution in [0.5, 0.6) is 0 Å². The first-order valence-electron chi connectivity index (χ1n) is 9.10. The molecule has 0 aliphatic carbocycles. The number of benzene rings is 2. The number of carbonyl (C=O) groups is 1. The maximum absolute atomic E-state index is 12.3. The summed E-state index contributed by atoms with van der Waals surface area (Å²) in [4.78, 5) is 23.0. The van der Waals surface area contributed by atoms with Crippen LogP contribution in [0.1, 0.15) is 24.3 Å². The second kappa shape index (κ2) is 9.19. The van der Waals surface area contributed by atoms with Gasteiger partial charge < -0.3 is 15.5 Å². The van der Waals surface area contributed by atoms with Gasteiger partial charge in [-0.25, -0.2) is 9.97 Å². The second-order valence-electron chi connectivity index (χ2n) is 6.07. The maximum Gasteiger partial charge on any atom is 0.275 e. The van der Waals surface area contributed by atoms with Crippen molar-refractivity contribution in [3.05, 3.63) is 71.6 Å². The lowest BCUT2D eigenvalue weighted by Crippen LogP contribution is -2.21. The molecule has 144 valence electrons. The van der Waals surface area contributed by atoms with Gasteiger partial charge in [0.1, 0.15) is 11.5 Å². The molecule has 0 spiro atoms. The Morgan fingerprint density at radius 3 is 2.32 bits per heavy atom. The summed E-state index contributed by atoms with van der Waals surface area (Å²) >= 11 is 6.06. The lowest BCUT2D eigenvalue weighted by molar-refractivity contribution is 0.102. The second-order valence-corrected chi connectivity index (χ2v) is 6.47. The van der Waals surface area contributed by atoms with Gasteiger partial charge in [-0.2, -0.15) is 0 Å². The molecule has 1 amide bonds. The Balaban J connectivity index is 1.64. The summed E-state index contributed by atoms with van der Waals surface area (Å²) in [6, 6.07) is 15.1. The largest absolute Gasteiger partial charge is 0.372 e. The van der Waals surface area contributed by atoms with Crippen LogP contribution in [0.4, 0.5) is 22.9 Å². The number of nitrogens with zero attached hydrogens (tertiary/aromatic N) is 3. The third-order valence-corrected chi connectivity index (χ3v) is 4.60. The van der Waals surface area contributed by atoms with E-state index in [1.807, 2.05) is 12.1 Å². The van der Waals surface area contributed by atoms with Crippen molar-refractivity contribution >= 4 is 40.4 Å². The van der Waals surface area contributed by atoms with Crippen molar-refractivity contribution in [2.24, 2.45) is 0 Å². The van der Waals surface area contributed by atoms with E-state index in [9.17, 15) is 4.79 Å². The number of rotatable bonds is 7. The highest BCUT2D eigenvalue weighted by molar-refractivity contribution is 6.33. The normalized spacial score (nSPS) is 10.4. The van der Waals surface area contributed by atoms with Crippen molar-refractivity contribution in [3.8, 4) is 0 Å². The van der Waals surface area contributed by atoms with Gasteiger partial charge in [0.2, 0.25) is 0 Å². The van der Waals surface area contributed by atoms with Crippen molar-refractivity contribution in [3.63, 3.8) is 0 Å². The SMILES string of the molecule is CCN(CC)c1ccc(Nc2cnc(C(=O)Nc3ccccc3Cl)cn2)cc1. The molecule has 0 bridgehead atoms. The Bertz CT molecular complexity index is 924. The zero-order valence-corrected chi connectivity index (χ0v) is 16.6. The number of para-hydroxylation sites is 1. The number of carbonyl (C=O) groups excluding carboxylic acids is 1. The van der Waals surface area contributed by atoms with Gasteiger partial charge in [-0.15, -0.1) is 0 Å². The molecule has 28 heavy (non-hydrogen) atoms. The molecule has 7 heteroatoms. The van der Waals surface area contributed by atoms with Crippen LogP contribution in [0, 0.1) is 0 Å². The number of hydrogen-bond donors (Lipinski definition) is 2. The summed E-state index contributed by atoms with van der Waals surface area (Å²) in [5.74, 6) is 0.195. The fourth-order valence-electron chi connectivity index (χ4n) is 2.75. The molecular weight excluding hydrogens is 374 g/mol. The smallest absolute Gasteiger partial charge is 0.275 e. The van der Waals surface area contributed by atoms with Gasteiger partial charge in [0.15, 0.2) is 0 Å². The van der Waals surface area contributed by atoms with E-state index in [4.69, 9.17) is 11.6 Å². The Morgan fingerprint density at radius 2 is 1.71 bits per heavy atom. The number of nitrogens with one attached hydrogen (secondary N) is 2. The van der Waals surface area contributed by atoms with Crippen LogP contribution in [-0.2, 0) is 0 Å². The molecule has 3 rings (SSSR count). The monoisotopic (exact) mass is 395 g/mol. The topological polar surface area (TPSA) is 70.2 Å². The Labute approximate surface area is 169 Å². The third-order valence-electron chi connectivity index (χ3n) is 4.27. The average Bonchev–Trinajstić information content (AvgIpc) is 2.72. The molecule has 3 aromatic rings. The van der Waals surface area contributed by atoms with E-state index in [-0.39, 0.29) is 11.6 Å². The number of amides is 1. The van der Waals surface area contributed by atoms with E-state index in [0.717, 1.165) is 18.8 Å². The minimum absolute atomic E-state index is 0.211. The van der Waals surface area contributed by atoms with Crippen molar-refractivity contribution in [1.29, 1.82) is 0 Å². The molecule has 6 nitrogen and oxygen atoms in total. The zero-order valence-electron chi connectivity index (χ0n) is 15.8. The molecule has 0 fully saturated rings. The van der Waals surface area contributed by atoms with Gasteiger partial charge >= 0.3 is 0 Å². The fourth-order valence-corrected chi connectivity index (χ4v) is 2.93. The Kier molecular flexibility index (Phi) is 6.45. The summed E-state index contributed by atoms with van der Waals surface area (Å²) < 4.78 is 0. The standard InChI is InChI=1S/C21H22ClN5O/c1-3-27(4-2)16-11-9-15(10-12-16)25-20-14-23-19(13-24-20)21(28)26-18-8-6-5-7-17(18)22/h5-14H,3-4H2,1-2H3,(H,24,25)(H,26,28). The van der Waals surface area contributed by atoms with Gasteiger partial charge in [-0.3, -0.25) is 4.79 Å². The first-order chi connectivity index (χ1) is 13.6. The van der Waals surface area contributed by atoms with Crippen LogP contribution >= 0.6 is 11.6 Å². The lowest BCUT2D eigenvalue weighted by atomic mass is 10.2. The number of hydrogen-bond acceptors (Lipinski definition) is 5. The highest BCUT2D eigenvalue weighted by atomic mass is 35.5. The molecule has 1 aromatic heterocycles. The maximum atomic E-state index is 12.3. The predicted octanol–water partition coefficient (Wildman–Crippen LogP) is 4.97. The first-order valence-corrected chi connectivity index (χ1v) is 9.48. The van der Waals surface area contributed by atoms with Crippen LogP contribution in [0.25, 0.3) is 0 Å². The lowest BCUT2D eigenvalue weighted by Gasteiger charge is -2.21. The molecule has 0 radical (unpaired) electrons. The molecule has 2 aromatic carbocycles. The molecule has 1 heterocycles. The van der Waals surface area contributed by atoms with E-state index < -0.39 is 0 Å². The summed E-state index contributed by atoms with van der Waals surface area (Å²) in [5, 5.41) is 6.38. The van der Waals surface area contributed by atoms with Crippen molar-refractivity contribution in [2.75, 3.05) is 28.6 Å². The predicted molar refractivity (Wildman–Crippen MR) is 115 cm³/mol. The molecule has 0 atom stereocenters. The van der Waals surface area contributed by atoms with Gasteiger partial charge in [0.25, 0.3) is 5.91 Å². The molecular formula is C21H22ClN5O. The highest BCUT2D eigenvalue weighted by Gasteiger charge is 2.10. The minimum Gasteiger partial charge on any atom is -0.372 e. The number of anilines is 4. The van der Waals surface area contributed by atoms with Gasteiger partial charge in [0, 0.05) is 24.5 Å². The molecule has 0 aliphatic rings. The van der Waals surface area contributed by atoms with Crippen molar-refractivity contribution in [2.45, 2.75) is 13.8 Å². The zero-order chi connectivity index (χ0) is 19.9. The van der Waals surface area contributed by atoms with Crippen molar-refractivity contribution in [1.82, 2.24) is 9.97 Å².